The molecule has 0 atom stereocenters. The lowest BCUT2D eigenvalue weighted by Gasteiger charge is -2.17. The molecule has 0 spiro atoms. The number of imide groups is 1. The molecule has 2 N–H and O–H groups in total. The molecule has 0 radical (unpaired) electrons. The van der Waals surface area contributed by atoms with E-state index < -0.39 is 11.9 Å². The van der Waals surface area contributed by atoms with Crippen LogP contribution >= 0.6 is 12.2 Å². The standard InChI is InChI=1S/C13H12N2O4S/c1-18-8-4-3-7(10(6-8)19-2)5-9-11(16)14-13(17)15-12(9)20/h3-6H,1-2H3,(H2,14,15,16,17,20)/b9-5+. The topological polar surface area (TPSA) is 76.7 Å². The second kappa shape index (κ2) is 5.70. The summed E-state index contributed by atoms with van der Waals surface area (Å²) in [7, 11) is 3.06. The first-order chi connectivity index (χ1) is 9.55. The predicted octanol–water partition coefficient (Wildman–Crippen LogP) is 1.25. The number of rotatable bonds is 3. The Kier molecular flexibility index (Phi) is 3.99. The lowest BCUT2D eigenvalue weighted by molar-refractivity contribution is -0.116. The second-order valence-electron chi connectivity index (χ2n) is 3.90. The Morgan fingerprint density at radius 3 is 2.50 bits per heavy atom. The minimum atomic E-state index is -0.626. The van der Waals surface area contributed by atoms with Crippen molar-refractivity contribution >= 4 is 35.2 Å². The number of ether oxygens (including phenoxy) is 2. The van der Waals surface area contributed by atoms with Crippen molar-refractivity contribution in [2.24, 2.45) is 0 Å². The van der Waals surface area contributed by atoms with E-state index in [2.05, 4.69) is 10.6 Å². The fraction of sp³-hybridized carbons (Fsp3) is 0.154. The monoisotopic (exact) mass is 292 g/mol. The highest BCUT2D eigenvalue weighted by atomic mass is 32.1. The molecule has 0 aliphatic carbocycles. The highest BCUT2D eigenvalue weighted by Gasteiger charge is 2.24. The zero-order chi connectivity index (χ0) is 14.7. The highest BCUT2D eigenvalue weighted by molar-refractivity contribution is 7.81. The zero-order valence-corrected chi connectivity index (χ0v) is 11.7. The molecule has 1 heterocycles. The van der Waals surface area contributed by atoms with Gasteiger partial charge in [0.2, 0.25) is 0 Å². The van der Waals surface area contributed by atoms with E-state index in [1.54, 1.807) is 31.4 Å². The number of urea groups is 1. The fourth-order valence-electron chi connectivity index (χ4n) is 1.70. The quantitative estimate of drug-likeness (QED) is 0.648. The molecule has 0 saturated carbocycles. The summed E-state index contributed by atoms with van der Waals surface area (Å²) in [6, 6.07) is 4.53. The van der Waals surface area contributed by atoms with E-state index in [9.17, 15) is 9.59 Å². The van der Waals surface area contributed by atoms with Crippen molar-refractivity contribution in [3.05, 3.63) is 29.3 Å². The third-order valence-electron chi connectivity index (χ3n) is 2.68. The van der Waals surface area contributed by atoms with Crippen LogP contribution in [0.1, 0.15) is 5.56 Å². The molecule has 2 rings (SSSR count). The Bertz CT molecular complexity index is 603. The van der Waals surface area contributed by atoms with Crippen LogP contribution < -0.4 is 20.1 Å². The number of carbonyl (C=O) groups excluding carboxylic acids is 2. The van der Waals surface area contributed by atoms with Gasteiger partial charge in [0, 0.05) is 11.6 Å². The molecule has 1 fully saturated rings. The van der Waals surface area contributed by atoms with Crippen molar-refractivity contribution in [1.82, 2.24) is 10.6 Å². The summed E-state index contributed by atoms with van der Waals surface area (Å²) in [4.78, 5) is 22.9. The van der Waals surface area contributed by atoms with Crippen LogP contribution in [0.4, 0.5) is 4.79 Å². The SMILES string of the molecule is COc1ccc(/C=C2\C(=O)NC(=O)NC2=S)c(OC)c1. The number of methoxy groups -OCH3 is 2. The molecular weight excluding hydrogens is 280 g/mol. The normalized spacial score (nSPS) is 16.7. The third-order valence-corrected chi connectivity index (χ3v) is 3.01. The summed E-state index contributed by atoms with van der Waals surface area (Å²) in [5.41, 5.74) is 0.847. The summed E-state index contributed by atoms with van der Waals surface area (Å²) in [5.74, 6) is 0.619. The number of amides is 3. The summed E-state index contributed by atoms with van der Waals surface area (Å²) < 4.78 is 10.3. The molecule has 0 bridgehead atoms. The minimum Gasteiger partial charge on any atom is -0.497 e. The molecule has 7 heteroatoms. The molecule has 20 heavy (non-hydrogen) atoms. The molecule has 104 valence electrons. The van der Waals surface area contributed by atoms with Crippen LogP contribution in [0.15, 0.2) is 23.8 Å². The third kappa shape index (κ3) is 2.77. The van der Waals surface area contributed by atoms with Crippen molar-refractivity contribution in [3.8, 4) is 11.5 Å². The first-order valence-electron chi connectivity index (χ1n) is 5.65. The molecule has 0 aromatic heterocycles. The van der Waals surface area contributed by atoms with E-state index in [0.717, 1.165) is 0 Å². The van der Waals surface area contributed by atoms with Crippen molar-refractivity contribution in [3.63, 3.8) is 0 Å². The van der Waals surface area contributed by atoms with Crippen molar-refractivity contribution in [2.45, 2.75) is 0 Å². The van der Waals surface area contributed by atoms with Gasteiger partial charge in [-0.1, -0.05) is 12.2 Å². The largest absolute Gasteiger partial charge is 0.497 e. The van der Waals surface area contributed by atoms with Gasteiger partial charge >= 0.3 is 6.03 Å². The fourth-order valence-corrected chi connectivity index (χ4v) is 1.94. The van der Waals surface area contributed by atoms with Crippen molar-refractivity contribution < 1.29 is 19.1 Å². The highest BCUT2D eigenvalue weighted by Crippen LogP contribution is 2.26. The molecule has 3 amide bonds. The average molecular weight is 292 g/mol. The van der Waals surface area contributed by atoms with Gasteiger partial charge in [0.15, 0.2) is 0 Å². The van der Waals surface area contributed by atoms with Gasteiger partial charge in [-0.3, -0.25) is 15.4 Å². The van der Waals surface area contributed by atoms with Gasteiger partial charge in [-0.05, 0) is 18.2 Å². The average Bonchev–Trinajstić information content (AvgIpc) is 2.42. The molecule has 6 nitrogen and oxygen atoms in total. The van der Waals surface area contributed by atoms with E-state index in [-0.39, 0.29) is 10.6 Å². The molecule has 1 aliphatic rings. The summed E-state index contributed by atoms with van der Waals surface area (Å²) in [5, 5.41) is 4.50. The Balaban J connectivity index is 2.41. The Morgan fingerprint density at radius 1 is 1.15 bits per heavy atom. The maximum atomic E-state index is 11.7. The van der Waals surface area contributed by atoms with E-state index in [0.29, 0.717) is 17.1 Å². The Hall–Kier alpha value is -2.41. The van der Waals surface area contributed by atoms with Crippen LogP contribution in [0.25, 0.3) is 6.08 Å². The molecule has 0 unspecified atom stereocenters. The minimum absolute atomic E-state index is 0.0802. The van der Waals surface area contributed by atoms with Crippen molar-refractivity contribution in [1.29, 1.82) is 0 Å². The summed E-state index contributed by atoms with van der Waals surface area (Å²) >= 11 is 4.98. The van der Waals surface area contributed by atoms with E-state index in [4.69, 9.17) is 21.7 Å². The predicted molar refractivity (Wildman–Crippen MR) is 76.8 cm³/mol. The number of hydrogen-bond donors (Lipinski definition) is 2. The van der Waals surface area contributed by atoms with Crippen LogP contribution in [0, 0.1) is 0 Å². The lowest BCUT2D eigenvalue weighted by atomic mass is 10.1. The van der Waals surface area contributed by atoms with Gasteiger partial charge < -0.3 is 9.47 Å². The van der Waals surface area contributed by atoms with Gasteiger partial charge in [-0.15, -0.1) is 0 Å². The number of carbonyl (C=O) groups is 2. The number of hydrogen-bond acceptors (Lipinski definition) is 5. The smallest absolute Gasteiger partial charge is 0.326 e. The van der Waals surface area contributed by atoms with Crippen LogP contribution in [-0.2, 0) is 4.79 Å². The number of benzene rings is 1. The first kappa shape index (κ1) is 14.0. The van der Waals surface area contributed by atoms with Crippen LogP contribution in [0.2, 0.25) is 0 Å². The van der Waals surface area contributed by atoms with Gasteiger partial charge in [-0.2, -0.15) is 0 Å². The number of nitrogens with one attached hydrogen (secondary N) is 2. The maximum Gasteiger partial charge on any atom is 0.326 e. The van der Waals surface area contributed by atoms with E-state index >= 15 is 0 Å². The summed E-state index contributed by atoms with van der Waals surface area (Å²) in [6.07, 6.45) is 1.55. The number of thiocarbonyl (C=S) groups is 1. The van der Waals surface area contributed by atoms with Crippen LogP contribution in [0.3, 0.4) is 0 Å². The Morgan fingerprint density at radius 2 is 1.90 bits per heavy atom. The summed E-state index contributed by atoms with van der Waals surface area (Å²) in [6.45, 7) is 0. The molecule has 1 aromatic carbocycles. The molecule has 1 saturated heterocycles. The molecule has 1 aromatic rings. The van der Waals surface area contributed by atoms with Crippen LogP contribution in [0.5, 0.6) is 11.5 Å². The lowest BCUT2D eigenvalue weighted by Crippen LogP contribution is -2.50. The van der Waals surface area contributed by atoms with E-state index in [1.807, 2.05) is 0 Å². The first-order valence-corrected chi connectivity index (χ1v) is 6.06. The van der Waals surface area contributed by atoms with Crippen LogP contribution in [-0.4, -0.2) is 31.1 Å². The van der Waals surface area contributed by atoms with E-state index in [1.165, 1.54) is 7.11 Å². The van der Waals surface area contributed by atoms with Crippen molar-refractivity contribution in [2.75, 3.05) is 14.2 Å². The molecular formula is C13H12N2O4S. The van der Waals surface area contributed by atoms with Gasteiger partial charge in [0.25, 0.3) is 5.91 Å². The molecule has 1 aliphatic heterocycles. The second-order valence-corrected chi connectivity index (χ2v) is 4.31. The Labute approximate surface area is 120 Å². The maximum absolute atomic E-state index is 11.7. The van der Waals surface area contributed by atoms with Gasteiger partial charge in [0.1, 0.15) is 16.5 Å². The van der Waals surface area contributed by atoms with Gasteiger partial charge in [-0.25, -0.2) is 4.79 Å². The zero-order valence-electron chi connectivity index (χ0n) is 10.9. The van der Waals surface area contributed by atoms with Gasteiger partial charge in [0.05, 0.1) is 19.8 Å².